The fourth-order valence-electron chi connectivity index (χ4n) is 0.975. The van der Waals surface area contributed by atoms with E-state index in [9.17, 15) is 4.79 Å². The molecule has 0 unspecified atom stereocenters. The van der Waals surface area contributed by atoms with Crippen LogP contribution in [0.3, 0.4) is 0 Å². The molecule has 0 N–H and O–H groups in total. The molecule has 0 aliphatic heterocycles. The number of ether oxygens (including phenoxy) is 1. The Morgan fingerprint density at radius 1 is 1.44 bits per heavy atom. The average Bonchev–Trinajstić information content (AvgIpc) is 2.14. The number of pyridine rings is 1. The van der Waals surface area contributed by atoms with E-state index in [0.29, 0.717) is 5.69 Å². The fourth-order valence-corrected chi connectivity index (χ4v) is 1.21. The Morgan fingerprint density at radius 3 is 2.62 bits per heavy atom. The van der Waals surface area contributed by atoms with Gasteiger partial charge in [0, 0.05) is 16.7 Å². The number of aromatic nitrogens is 1. The van der Waals surface area contributed by atoms with Crippen molar-refractivity contribution >= 4 is 28.0 Å². The third-order valence-corrected chi connectivity index (χ3v) is 2.02. The van der Waals surface area contributed by atoms with E-state index in [1.165, 1.54) is 6.08 Å². The van der Waals surface area contributed by atoms with E-state index >= 15 is 0 Å². The maximum absolute atomic E-state index is 11.4. The van der Waals surface area contributed by atoms with E-state index in [1.807, 2.05) is 32.9 Å². The molecule has 0 fully saturated rings. The highest BCUT2D eigenvalue weighted by molar-refractivity contribution is 9.10. The van der Waals surface area contributed by atoms with Gasteiger partial charge in [0.15, 0.2) is 0 Å². The molecule has 3 nitrogen and oxygen atoms in total. The monoisotopic (exact) mass is 283 g/mol. The average molecular weight is 284 g/mol. The van der Waals surface area contributed by atoms with Crippen LogP contribution in [0.2, 0.25) is 0 Å². The number of esters is 1. The van der Waals surface area contributed by atoms with Crippen LogP contribution in [0.15, 0.2) is 28.9 Å². The van der Waals surface area contributed by atoms with Crippen LogP contribution in [-0.2, 0) is 9.53 Å². The van der Waals surface area contributed by atoms with Gasteiger partial charge in [0.1, 0.15) is 5.60 Å². The summed E-state index contributed by atoms with van der Waals surface area (Å²) < 4.78 is 6.02. The first-order valence-electron chi connectivity index (χ1n) is 4.89. The summed E-state index contributed by atoms with van der Waals surface area (Å²) in [5, 5.41) is 0. The van der Waals surface area contributed by atoms with Gasteiger partial charge in [-0.15, -0.1) is 0 Å². The van der Waals surface area contributed by atoms with Gasteiger partial charge in [-0.2, -0.15) is 0 Å². The lowest BCUT2D eigenvalue weighted by Gasteiger charge is -2.17. The van der Waals surface area contributed by atoms with E-state index in [-0.39, 0.29) is 5.97 Å². The summed E-state index contributed by atoms with van der Waals surface area (Å²) in [6.45, 7) is 5.49. The molecule has 0 radical (unpaired) electrons. The highest BCUT2D eigenvalue weighted by Gasteiger charge is 2.13. The van der Waals surface area contributed by atoms with Gasteiger partial charge in [0.05, 0.1) is 5.69 Å². The van der Waals surface area contributed by atoms with Crippen LogP contribution in [-0.4, -0.2) is 16.6 Å². The summed E-state index contributed by atoms with van der Waals surface area (Å²) in [7, 11) is 0. The van der Waals surface area contributed by atoms with Crippen LogP contribution in [0.25, 0.3) is 6.08 Å². The van der Waals surface area contributed by atoms with Gasteiger partial charge in [-0.1, -0.05) is 0 Å². The molecule has 0 aliphatic carbocycles. The molecule has 1 heterocycles. The van der Waals surface area contributed by atoms with Gasteiger partial charge in [0.2, 0.25) is 0 Å². The number of rotatable bonds is 2. The van der Waals surface area contributed by atoms with E-state index in [0.717, 1.165) is 4.47 Å². The number of nitrogens with zero attached hydrogens (tertiary/aromatic N) is 1. The molecule has 0 aliphatic rings. The van der Waals surface area contributed by atoms with Crippen molar-refractivity contribution in [3.63, 3.8) is 0 Å². The molecule has 4 heteroatoms. The summed E-state index contributed by atoms with van der Waals surface area (Å²) in [5.41, 5.74) is 0.253. The zero-order valence-electron chi connectivity index (χ0n) is 9.53. The van der Waals surface area contributed by atoms with Gasteiger partial charge in [0.25, 0.3) is 0 Å². The predicted octanol–water partition coefficient (Wildman–Crippen LogP) is 3.20. The van der Waals surface area contributed by atoms with Crippen LogP contribution in [0, 0.1) is 0 Å². The molecule has 86 valence electrons. The second-order valence-electron chi connectivity index (χ2n) is 4.27. The first-order valence-corrected chi connectivity index (χ1v) is 5.69. The summed E-state index contributed by atoms with van der Waals surface area (Å²) in [4.78, 5) is 15.5. The summed E-state index contributed by atoms with van der Waals surface area (Å²) in [6.07, 6.45) is 4.68. The second-order valence-corrected chi connectivity index (χ2v) is 5.18. The van der Waals surface area contributed by atoms with Crippen LogP contribution in [0.1, 0.15) is 26.5 Å². The molecular weight excluding hydrogens is 270 g/mol. The number of hydrogen-bond acceptors (Lipinski definition) is 3. The standard InChI is InChI=1S/C12H14BrNO2/c1-12(2,3)16-11(15)7-6-10-5-4-9(13)8-14-10/h4-8H,1-3H3/b7-6+. The number of carbonyl (C=O) groups is 1. The zero-order valence-corrected chi connectivity index (χ0v) is 11.1. The highest BCUT2D eigenvalue weighted by Crippen LogP contribution is 2.10. The Hall–Kier alpha value is -1.16. The Morgan fingerprint density at radius 2 is 2.12 bits per heavy atom. The Labute approximate surface area is 104 Å². The van der Waals surface area contributed by atoms with Crippen LogP contribution in [0.5, 0.6) is 0 Å². The minimum absolute atomic E-state index is 0.364. The van der Waals surface area contributed by atoms with Crippen molar-refractivity contribution < 1.29 is 9.53 Å². The fraction of sp³-hybridized carbons (Fsp3) is 0.333. The Kier molecular flexibility index (Phi) is 4.24. The molecule has 0 aromatic carbocycles. The Balaban J connectivity index is 2.60. The topological polar surface area (TPSA) is 39.2 Å². The maximum atomic E-state index is 11.4. The van der Waals surface area contributed by atoms with Gasteiger partial charge in [-0.25, -0.2) is 4.79 Å². The van der Waals surface area contributed by atoms with Crippen molar-refractivity contribution in [1.29, 1.82) is 0 Å². The molecule has 1 aromatic heterocycles. The zero-order chi connectivity index (χ0) is 12.2. The van der Waals surface area contributed by atoms with Crippen molar-refractivity contribution in [1.82, 2.24) is 4.98 Å². The summed E-state index contributed by atoms with van der Waals surface area (Å²) in [6, 6.07) is 3.67. The Bertz CT molecular complexity index is 390. The second kappa shape index (κ2) is 5.25. The van der Waals surface area contributed by atoms with Gasteiger partial charge in [-0.3, -0.25) is 4.98 Å². The van der Waals surface area contributed by atoms with E-state index in [2.05, 4.69) is 20.9 Å². The predicted molar refractivity (Wildman–Crippen MR) is 66.8 cm³/mol. The van der Waals surface area contributed by atoms with Crippen molar-refractivity contribution in [2.75, 3.05) is 0 Å². The number of carbonyl (C=O) groups excluding carboxylic acids is 1. The molecule has 0 bridgehead atoms. The molecule has 0 spiro atoms. The molecule has 0 saturated carbocycles. The minimum atomic E-state index is -0.464. The summed E-state index contributed by atoms with van der Waals surface area (Å²) in [5.74, 6) is -0.364. The van der Waals surface area contributed by atoms with Gasteiger partial charge < -0.3 is 4.74 Å². The molecule has 16 heavy (non-hydrogen) atoms. The molecule has 1 rings (SSSR count). The van der Waals surface area contributed by atoms with E-state index < -0.39 is 5.60 Å². The lowest BCUT2D eigenvalue weighted by atomic mass is 10.2. The van der Waals surface area contributed by atoms with E-state index in [4.69, 9.17) is 4.74 Å². The summed E-state index contributed by atoms with van der Waals surface area (Å²) >= 11 is 3.29. The first-order chi connectivity index (χ1) is 7.37. The van der Waals surface area contributed by atoms with Crippen LogP contribution in [0.4, 0.5) is 0 Å². The third kappa shape index (κ3) is 5.07. The molecular formula is C12H14BrNO2. The van der Waals surface area contributed by atoms with Crippen molar-refractivity contribution in [3.8, 4) is 0 Å². The van der Waals surface area contributed by atoms with E-state index in [1.54, 1.807) is 12.3 Å². The van der Waals surface area contributed by atoms with Crippen molar-refractivity contribution in [2.24, 2.45) is 0 Å². The number of hydrogen-bond donors (Lipinski definition) is 0. The quantitative estimate of drug-likeness (QED) is 0.618. The van der Waals surface area contributed by atoms with Crippen LogP contribution < -0.4 is 0 Å². The van der Waals surface area contributed by atoms with Crippen LogP contribution >= 0.6 is 15.9 Å². The molecule has 0 saturated heterocycles. The maximum Gasteiger partial charge on any atom is 0.331 e. The van der Waals surface area contributed by atoms with Gasteiger partial charge >= 0.3 is 5.97 Å². The molecule has 0 atom stereocenters. The van der Waals surface area contributed by atoms with Crippen molar-refractivity contribution in [2.45, 2.75) is 26.4 Å². The largest absolute Gasteiger partial charge is 0.457 e. The van der Waals surface area contributed by atoms with Gasteiger partial charge in [-0.05, 0) is 54.9 Å². The van der Waals surface area contributed by atoms with Crippen molar-refractivity contribution in [3.05, 3.63) is 34.6 Å². The third-order valence-electron chi connectivity index (χ3n) is 1.55. The highest BCUT2D eigenvalue weighted by atomic mass is 79.9. The smallest absolute Gasteiger partial charge is 0.331 e. The SMILES string of the molecule is CC(C)(C)OC(=O)/C=C/c1ccc(Br)cn1. The lowest BCUT2D eigenvalue weighted by Crippen LogP contribution is -2.22. The number of halogens is 1. The normalized spacial score (nSPS) is 11.8. The molecule has 1 aromatic rings. The first kappa shape index (κ1) is 12.9. The minimum Gasteiger partial charge on any atom is -0.457 e. The lowest BCUT2D eigenvalue weighted by molar-refractivity contribution is -0.148. The molecule has 0 amide bonds.